The number of aryl methyl sites for hydroxylation is 1. The molecule has 1 aromatic heterocycles. The molecule has 6 nitrogen and oxygen atoms in total. The minimum Gasteiger partial charge on any atom is -0.403 e. The zero-order chi connectivity index (χ0) is 17.1. The average molecular weight is 340 g/mol. The molecule has 7 heteroatoms. The van der Waals surface area contributed by atoms with Crippen molar-refractivity contribution >= 4 is 41.0 Å². The van der Waals surface area contributed by atoms with Crippen molar-refractivity contribution in [2.45, 2.75) is 6.92 Å². The van der Waals surface area contributed by atoms with Crippen LogP contribution < -0.4 is 0 Å². The maximum Gasteiger partial charge on any atom is 0.363 e. The third-order valence-corrected chi connectivity index (χ3v) is 4.29. The van der Waals surface area contributed by atoms with Gasteiger partial charge in [0.25, 0.3) is 5.69 Å². The summed E-state index contributed by atoms with van der Waals surface area (Å²) in [5, 5.41) is 12.6. The second-order valence-corrected chi connectivity index (χ2v) is 5.97. The molecule has 0 bridgehead atoms. The van der Waals surface area contributed by atoms with Crippen LogP contribution in [-0.2, 0) is 9.53 Å². The summed E-state index contributed by atoms with van der Waals surface area (Å²) < 4.78 is 5.10. The van der Waals surface area contributed by atoms with Crippen molar-refractivity contribution < 1.29 is 14.5 Å². The van der Waals surface area contributed by atoms with Gasteiger partial charge in [0.1, 0.15) is 0 Å². The molecule has 0 unspecified atom stereocenters. The van der Waals surface area contributed by atoms with E-state index in [0.717, 1.165) is 16.0 Å². The number of rotatable bonds is 4. The summed E-state index contributed by atoms with van der Waals surface area (Å²) in [5.74, 6) is -0.301. The SMILES string of the molecule is Cc1ccsc1/C=C1N=C(/C=C/c2ccc([N+](=O)[O-])cc2)OC\1=O. The topological polar surface area (TPSA) is 81.8 Å². The number of aliphatic imine (C=N–C) groups is 1. The van der Waals surface area contributed by atoms with Crippen molar-refractivity contribution in [3.8, 4) is 0 Å². The summed E-state index contributed by atoms with van der Waals surface area (Å²) in [6.07, 6.45) is 4.94. The van der Waals surface area contributed by atoms with Crippen LogP contribution >= 0.6 is 11.3 Å². The number of hydrogen-bond donors (Lipinski definition) is 0. The average Bonchev–Trinajstić information content (AvgIpc) is 3.12. The second-order valence-electron chi connectivity index (χ2n) is 5.02. The minimum absolute atomic E-state index is 0.0216. The predicted octanol–water partition coefficient (Wildman–Crippen LogP) is 3.97. The van der Waals surface area contributed by atoms with E-state index in [1.54, 1.807) is 30.4 Å². The number of benzene rings is 1. The highest BCUT2D eigenvalue weighted by molar-refractivity contribution is 7.11. The Morgan fingerprint density at radius 3 is 2.58 bits per heavy atom. The number of nitro benzene ring substituents is 1. The van der Waals surface area contributed by atoms with Crippen LogP contribution in [0.5, 0.6) is 0 Å². The number of nitro groups is 1. The normalized spacial score (nSPS) is 15.8. The van der Waals surface area contributed by atoms with Gasteiger partial charge in [0.2, 0.25) is 5.90 Å². The number of esters is 1. The Kier molecular flexibility index (Phi) is 4.35. The van der Waals surface area contributed by atoms with Crippen molar-refractivity contribution in [1.82, 2.24) is 0 Å². The first-order valence-corrected chi connectivity index (χ1v) is 7.90. The largest absolute Gasteiger partial charge is 0.403 e. The van der Waals surface area contributed by atoms with Gasteiger partial charge in [-0.2, -0.15) is 0 Å². The third kappa shape index (κ3) is 3.47. The summed E-state index contributed by atoms with van der Waals surface area (Å²) in [7, 11) is 0. The van der Waals surface area contributed by atoms with E-state index in [2.05, 4.69) is 4.99 Å². The molecule has 0 aliphatic carbocycles. The van der Waals surface area contributed by atoms with Gasteiger partial charge in [-0.15, -0.1) is 11.3 Å². The van der Waals surface area contributed by atoms with E-state index in [0.29, 0.717) is 0 Å². The molecule has 1 aliphatic rings. The lowest BCUT2D eigenvalue weighted by molar-refractivity contribution is -0.384. The van der Waals surface area contributed by atoms with Crippen LogP contribution in [-0.4, -0.2) is 16.8 Å². The number of ether oxygens (including phenoxy) is 1. The van der Waals surface area contributed by atoms with E-state index in [4.69, 9.17) is 4.74 Å². The van der Waals surface area contributed by atoms with Gasteiger partial charge in [-0.1, -0.05) is 0 Å². The first-order chi connectivity index (χ1) is 11.5. The van der Waals surface area contributed by atoms with Gasteiger partial charge < -0.3 is 4.74 Å². The number of nitrogens with zero attached hydrogens (tertiary/aromatic N) is 2. The van der Waals surface area contributed by atoms with Crippen LogP contribution in [0.25, 0.3) is 12.2 Å². The van der Waals surface area contributed by atoms with Crippen LogP contribution in [0.15, 0.2) is 52.5 Å². The highest BCUT2D eigenvalue weighted by atomic mass is 32.1. The zero-order valence-corrected chi connectivity index (χ0v) is 13.4. The lowest BCUT2D eigenvalue weighted by Gasteiger charge is -1.94. The fraction of sp³-hybridized carbons (Fsp3) is 0.0588. The number of carbonyl (C=O) groups is 1. The molecule has 2 aromatic rings. The summed E-state index contributed by atoms with van der Waals surface area (Å²) in [5.41, 5.74) is 2.09. The zero-order valence-electron chi connectivity index (χ0n) is 12.6. The van der Waals surface area contributed by atoms with Gasteiger partial charge in [-0.05, 0) is 53.8 Å². The van der Waals surface area contributed by atoms with Crippen molar-refractivity contribution in [3.63, 3.8) is 0 Å². The molecule has 0 fully saturated rings. The molecule has 2 heterocycles. The smallest absolute Gasteiger partial charge is 0.363 e. The summed E-state index contributed by atoms with van der Waals surface area (Å²) >= 11 is 1.53. The maximum atomic E-state index is 11.8. The molecule has 0 saturated heterocycles. The molecule has 0 atom stereocenters. The lowest BCUT2D eigenvalue weighted by atomic mass is 10.2. The Hall–Kier alpha value is -3.06. The van der Waals surface area contributed by atoms with Crippen molar-refractivity contribution in [2.75, 3.05) is 0 Å². The van der Waals surface area contributed by atoms with Gasteiger partial charge >= 0.3 is 5.97 Å². The van der Waals surface area contributed by atoms with Gasteiger partial charge in [0.15, 0.2) is 5.70 Å². The number of hydrogen-bond acceptors (Lipinski definition) is 6. The van der Waals surface area contributed by atoms with E-state index in [1.807, 2.05) is 18.4 Å². The van der Waals surface area contributed by atoms with Crippen molar-refractivity contribution in [2.24, 2.45) is 4.99 Å². The standard InChI is InChI=1S/C17H12N2O4S/c1-11-8-9-24-15(11)10-14-17(20)23-16(18-14)7-4-12-2-5-13(6-3-12)19(21)22/h2-10H,1H3/b7-4+,14-10-. The highest BCUT2D eigenvalue weighted by Gasteiger charge is 2.21. The van der Waals surface area contributed by atoms with Crippen molar-refractivity contribution in [3.05, 3.63) is 73.6 Å². The van der Waals surface area contributed by atoms with Crippen LogP contribution in [0, 0.1) is 17.0 Å². The Morgan fingerprint density at radius 2 is 1.96 bits per heavy atom. The molecule has 0 saturated carbocycles. The Labute approximate surface area is 141 Å². The molecule has 24 heavy (non-hydrogen) atoms. The van der Waals surface area contributed by atoms with E-state index in [1.165, 1.54) is 23.5 Å². The summed E-state index contributed by atoms with van der Waals surface area (Å²) in [4.78, 5) is 27.1. The molecular weight excluding hydrogens is 328 g/mol. The Balaban J connectivity index is 1.77. The molecule has 3 rings (SSSR count). The molecule has 0 N–H and O–H groups in total. The van der Waals surface area contributed by atoms with E-state index < -0.39 is 10.9 Å². The predicted molar refractivity (Wildman–Crippen MR) is 92.7 cm³/mol. The molecular formula is C17H12N2O4S. The fourth-order valence-electron chi connectivity index (χ4n) is 2.03. The lowest BCUT2D eigenvalue weighted by Crippen LogP contribution is -2.01. The first-order valence-electron chi connectivity index (χ1n) is 7.02. The van der Waals surface area contributed by atoms with Crippen LogP contribution in [0.1, 0.15) is 16.0 Å². The monoisotopic (exact) mass is 340 g/mol. The first kappa shape index (κ1) is 15.8. The van der Waals surface area contributed by atoms with Crippen LogP contribution in [0.2, 0.25) is 0 Å². The molecule has 1 aliphatic heterocycles. The van der Waals surface area contributed by atoms with Gasteiger partial charge in [0, 0.05) is 23.1 Å². The maximum absolute atomic E-state index is 11.8. The summed E-state index contributed by atoms with van der Waals surface area (Å²) in [6, 6.07) is 8.01. The Morgan fingerprint density at radius 1 is 1.21 bits per heavy atom. The van der Waals surface area contributed by atoms with Gasteiger partial charge in [-0.3, -0.25) is 10.1 Å². The van der Waals surface area contributed by atoms with E-state index in [-0.39, 0.29) is 17.3 Å². The second kappa shape index (κ2) is 6.59. The number of thiophene rings is 1. The van der Waals surface area contributed by atoms with Crippen LogP contribution in [0.3, 0.4) is 0 Å². The van der Waals surface area contributed by atoms with Crippen molar-refractivity contribution in [1.29, 1.82) is 0 Å². The summed E-state index contributed by atoms with van der Waals surface area (Å²) in [6.45, 7) is 1.96. The number of cyclic esters (lactones) is 1. The quantitative estimate of drug-likeness (QED) is 0.365. The molecule has 1 aromatic carbocycles. The van der Waals surface area contributed by atoms with E-state index in [9.17, 15) is 14.9 Å². The van der Waals surface area contributed by atoms with Crippen LogP contribution in [0.4, 0.5) is 5.69 Å². The molecule has 120 valence electrons. The Bertz CT molecular complexity index is 892. The third-order valence-electron chi connectivity index (χ3n) is 3.33. The number of non-ortho nitro benzene ring substituents is 1. The van der Waals surface area contributed by atoms with Gasteiger partial charge in [-0.25, -0.2) is 9.79 Å². The molecule has 0 amide bonds. The number of carbonyl (C=O) groups excluding carboxylic acids is 1. The fourth-order valence-corrected chi connectivity index (χ4v) is 2.88. The highest BCUT2D eigenvalue weighted by Crippen LogP contribution is 2.22. The minimum atomic E-state index is -0.494. The van der Waals surface area contributed by atoms with Gasteiger partial charge in [0.05, 0.1) is 4.92 Å². The molecule has 0 radical (unpaired) electrons. The van der Waals surface area contributed by atoms with E-state index >= 15 is 0 Å². The molecule has 0 spiro atoms.